The van der Waals surface area contributed by atoms with E-state index >= 15 is 0 Å². The largest absolute Gasteiger partial charge is 0.382 e. The Hall–Kier alpha value is -0.850. The molecule has 104 valence electrons. The summed E-state index contributed by atoms with van der Waals surface area (Å²) in [6.07, 6.45) is 0. The van der Waals surface area contributed by atoms with Gasteiger partial charge in [-0.1, -0.05) is 0 Å². The molecule has 0 aromatic carbocycles. The van der Waals surface area contributed by atoms with Gasteiger partial charge < -0.3 is 19.3 Å². The molecule has 1 aliphatic rings. The van der Waals surface area contributed by atoms with Gasteiger partial charge in [-0.15, -0.1) is 11.6 Å². The van der Waals surface area contributed by atoms with Crippen molar-refractivity contribution >= 4 is 23.4 Å². The molecule has 1 rings (SSSR count). The quantitative estimate of drug-likeness (QED) is 0.488. The molecular weight excluding hydrogens is 260 g/mol. The molecule has 0 spiro atoms. The van der Waals surface area contributed by atoms with Crippen LogP contribution in [0, 0.1) is 0 Å². The number of ether oxygens (including phenoxy) is 2. The lowest BCUT2D eigenvalue weighted by atomic mass is 10.3. The highest BCUT2D eigenvalue weighted by atomic mass is 35.5. The minimum atomic E-state index is -0.0832. The Morgan fingerprint density at radius 3 is 2.11 bits per heavy atom. The lowest BCUT2D eigenvalue weighted by Crippen LogP contribution is -2.51. The molecule has 0 bridgehead atoms. The molecule has 6 nitrogen and oxygen atoms in total. The van der Waals surface area contributed by atoms with E-state index in [1.54, 1.807) is 16.9 Å². The van der Waals surface area contributed by atoms with E-state index in [1.165, 1.54) is 0 Å². The molecule has 1 heterocycles. The molecule has 1 saturated heterocycles. The molecule has 0 aromatic heterocycles. The van der Waals surface area contributed by atoms with Crippen LogP contribution in [0.25, 0.3) is 0 Å². The van der Waals surface area contributed by atoms with Gasteiger partial charge in [0.2, 0.25) is 11.8 Å². The second kappa shape index (κ2) is 8.29. The summed E-state index contributed by atoms with van der Waals surface area (Å²) in [5.74, 6) is -0.141. The first-order chi connectivity index (χ1) is 8.69. The molecule has 2 amide bonds. The maximum absolute atomic E-state index is 11.7. The Kier molecular flexibility index (Phi) is 7.00. The SMILES string of the molecule is COCCOCC(=O)N1CCN(C(=O)CCl)CC1. The van der Waals surface area contributed by atoms with Crippen molar-refractivity contribution in [1.82, 2.24) is 9.80 Å². The summed E-state index contributed by atoms with van der Waals surface area (Å²) in [7, 11) is 1.58. The maximum atomic E-state index is 11.7. The third-order valence-corrected chi connectivity index (χ3v) is 2.99. The molecule has 0 N–H and O–H groups in total. The second-order valence-electron chi connectivity index (χ2n) is 3.94. The first-order valence-electron chi connectivity index (χ1n) is 5.87. The van der Waals surface area contributed by atoms with Crippen LogP contribution in [0.1, 0.15) is 0 Å². The standard InChI is InChI=1S/C11H19ClN2O4/c1-17-6-7-18-9-11(16)14-4-2-13(3-5-14)10(15)8-12/h2-9H2,1H3. The van der Waals surface area contributed by atoms with E-state index in [9.17, 15) is 9.59 Å². The van der Waals surface area contributed by atoms with E-state index in [1.807, 2.05) is 0 Å². The summed E-state index contributed by atoms with van der Waals surface area (Å²) in [4.78, 5) is 26.4. The van der Waals surface area contributed by atoms with Crippen LogP contribution in [0.3, 0.4) is 0 Å². The zero-order chi connectivity index (χ0) is 13.4. The second-order valence-corrected chi connectivity index (χ2v) is 4.21. The number of nitrogens with zero attached hydrogens (tertiary/aromatic N) is 2. The van der Waals surface area contributed by atoms with Gasteiger partial charge in [0, 0.05) is 33.3 Å². The Balaban J connectivity index is 2.21. The third kappa shape index (κ3) is 4.80. The molecule has 1 fully saturated rings. The number of piperazine rings is 1. The molecule has 7 heteroatoms. The molecule has 0 aromatic rings. The Labute approximate surface area is 112 Å². The number of alkyl halides is 1. The molecule has 0 radical (unpaired) electrons. The van der Waals surface area contributed by atoms with E-state index in [4.69, 9.17) is 21.1 Å². The minimum Gasteiger partial charge on any atom is -0.382 e. The first kappa shape index (κ1) is 15.2. The molecule has 18 heavy (non-hydrogen) atoms. The number of hydrogen-bond donors (Lipinski definition) is 0. The predicted molar refractivity (Wildman–Crippen MR) is 66.6 cm³/mol. The Bertz CT molecular complexity index is 280. The highest BCUT2D eigenvalue weighted by Gasteiger charge is 2.23. The van der Waals surface area contributed by atoms with Gasteiger partial charge in [0.1, 0.15) is 12.5 Å². The van der Waals surface area contributed by atoms with Crippen LogP contribution >= 0.6 is 11.6 Å². The normalized spacial score (nSPS) is 15.9. The summed E-state index contributed by atoms with van der Waals surface area (Å²) < 4.78 is 9.98. The average Bonchev–Trinajstić information content (AvgIpc) is 2.42. The van der Waals surface area contributed by atoms with Crippen LogP contribution in [-0.2, 0) is 19.1 Å². The first-order valence-corrected chi connectivity index (χ1v) is 6.40. The van der Waals surface area contributed by atoms with Crippen LogP contribution in [0.5, 0.6) is 0 Å². The lowest BCUT2D eigenvalue weighted by Gasteiger charge is -2.34. The van der Waals surface area contributed by atoms with Gasteiger partial charge in [-0.05, 0) is 0 Å². The van der Waals surface area contributed by atoms with Crippen molar-refractivity contribution in [3.8, 4) is 0 Å². The van der Waals surface area contributed by atoms with Gasteiger partial charge in [0.15, 0.2) is 0 Å². The third-order valence-electron chi connectivity index (χ3n) is 2.76. The minimum absolute atomic E-state index is 0.00588. The molecule has 1 aliphatic heterocycles. The summed E-state index contributed by atoms with van der Waals surface area (Å²) >= 11 is 5.48. The van der Waals surface area contributed by atoms with Crippen LogP contribution in [-0.4, -0.2) is 80.6 Å². The summed E-state index contributed by atoms with van der Waals surface area (Å²) in [5, 5.41) is 0. The van der Waals surface area contributed by atoms with Crippen LogP contribution in [0.2, 0.25) is 0 Å². The number of rotatable bonds is 6. The van der Waals surface area contributed by atoms with E-state index in [2.05, 4.69) is 0 Å². The average molecular weight is 279 g/mol. The van der Waals surface area contributed by atoms with Gasteiger partial charge >= 0.3 is 0 Å². The van der Waals surface area contributed by atoms with Crippen LogP contribution < -0.4 is 0 Å². The van der Waals surface area contributed by atoms with Gasteiger partial charge in [-0.2, -0.15) is 0 Å². The Morgan fingerprint density at radius 2 is 1.61 bits per heavy atom. The molecule has 0 atom stereocenters. The van der Waals surface area contributed by atoms with Gasteiger partial charge in [-0.25, -0.2) is 0 Å². The topological polar surface area (TPSA) is 59.1 Å². The number of carbonyl (C=O) groups excluding carboxylic acids is 2. The van der Waals surface area contributed by atoms with E-state index in [-0.39, 0.29) is 24.3 Å². The smallest absolute Gasteiger partial charge is 0.248 e. The van der Waals surface area contributed by atoms with Crippen molar-refractivity contribution in [2.24, 2.45) is 0 Å². The molecule has 0 unspecified atom stereocenters. The number of hydrogen-bond acceptors (Lipinski definition) is 4. The van der Waals surface area contributed by atoms with Crippen molar-refractivity contribution in [1.29, 1.82) is 0 Å². The monoisotopic (exact) mass is 278 g/mol. The van der Waals surface area contributed by atoms with Gasteiger partial charge in [0.05, 0.1) is 13.2 Å². The highest BCUT2D eigenvalue weighted by Crippen LogP contribution is 2.03. The zero-order valence-electron chi connectivity index (χ0n) is 10.6. The van der Waals surface area contributed by atoms with Gasteiger partial charge in [0.25, 0.3) is 0 Å². The predicted octanol–water partition coefficient (Wildman–Crippen LogP) is -0.441. The van der Waals surface area contributed by atoms with Crippen molar-refractivity contribution in [3.63, 3.8) is 0 Å². The fourth-order valence-corrected chi connectivity index (χ4v) is 1.85. The molecule has 0 saturated carbocycles. The Morgan fingerprint density at radius 1 is 1.06 bits per heavy atom. The van der Waals surface area contributed by atoms with Crippen molar-refractivity contribution < 1.29 is 19.1 Å². The van der Waals surface area contributed by atoms with Gasteiger partial charge in [-0.3, -0.25) is 9.59 Å². The number of methoxy groups -OCH3 is 1. The van der Waals surface area contributed by atoms with E-state index < -0.39 is 0 Å². The summed E-state index contributed by atoms with van der Waals surface area (Å²) in [5.41, 5.74) is 0. The molecule has 0 aliphatic carbocycles. The van der Waals surface area contributed by atoms with E-state index in [0.29, 0.717) is 39.4 Å². The van der Waals surface area contributed by atoms with E-state index in [0.717, 1.165) is 0 Å². The number of carbonyl (C=O) groups is 2. The van der Waals surface area contributed by atoms with Crippen molar-refractivity contribution in [3.05, 3.63) is 0 Å². The molecular formula is C11H19ClN2O4. The highest BCUT2D eigenvalue weighted by molar-refractivity contribution is 6.27. The number of amides is 2. The summed E-state index contributed by atoms with van der Waals surface area (Å²) in [6, 6.07) is 0. The van der Waals surface area contributed by atoms with Crippen molar-refractivity contribution in [2.45, 2.75) is 0 Å². The zero-order valence-corrected chi connectivity index (χ0v) is 11.3. The fourth-order valence-electron chi connectivity index (χ4n) is 1.68. The summed E-state index contributed by atoms with van der Waals surface area (Å²) in [6.45, 7) is 3.10. The maximum Gasteiger partial charge on any atom is 0.248 e. The van der Waals surface area contributed by atoms with Crippen LogP contribution in [0.15, 0.2) is 0 Å². The van der Waals surface area contributed by atoms with Crippen molar-refractivity contribution in [2.75, 3.05) is 59.0 Å². The number of halogens is 1. The lowest BCUT2D eigenvalue weighted by molar-refractivity contribution is -0.141. The van der Waals surface area contributed by atoms with Crippen LogP contribution in [0.4, 0.5) is 0 Å². The fraction of sp³-hybridized carbons (Fsp3) is 0.818.